The topological polar surface area (TPSA) is 102 Å². The number of rotatable bonds is 6. The summed E-state index contributed by atoms with van der Waals surface area (Å²) in [5, 5.41) is 20.0. The number of anilines is 1. The molecule has 4 unspecified atom stereocenters. The van der Waals surface area contributed by atoms with Gasteiger partial charge in [-0.2, -0.15) is 0 Å². The largest absolute Gasteiger partial charge is 0.394 e. The SMILES string of the molecule is CS(=O)(=O)NCC1OC(CO)C(O)C1N1CCN(c2ccccc2)CC1. The first-order valence-corrected chi connectivity index (χ1v) is 10.7. The lowest BCUT2D eigenvalue weighted by molar-refractivity contribution is -0.0201. The van der Waals surface area contributed by atoms with Crippen LogP contribution in [-0.4, -0.2) is 93.5 Å². The lowest BCUT2D eigenvalue weighted by atomic mass is 10.0. The van der Waals surface area contributed by atoms with Crippen molar-refractivity contribution in [1.29, 1.82) is 0 Å². The molecule has 9 heteroatoms. The lowest BCUT2D eigenvalue weighted by Crippen LogP contribution is -2.57. The van der Waals surface area contributed by atoms with Gasteiger partial charge in [0.25, 0.3) is 0 Å². The predicted molar refractivity (Wildman–Crippen MR) is 98.6 cm³/mol. The molecule has 0 radical (unpaired) electrons. The van der Waals surface area contributed by atoms with Gasteiger partial charge in [0.1, 0.15) is 12.2 Å². The first-order valence-electron chi connectivity index (χ1n) is 8.82. The van der Waals surface area contributed by atoms with Crippen molar-refractivity contribution in [3.63, 3.8) is 0 Å². The predicted octanol–water partition coefficient (Wildman–Crippen LogP) is -1.15. The number of hydrogen-bond donors (Lipinski definition) is 3. The summed E-state index contributed by atoms with van der Waals surface area (Å²) < 4.78 is 31.0. The standard InChI is InChI=1S/C17H27N3O5S/c1-26(23,24)18-11-14-16(17(22)15(12-21)25-14)20-9-7-19(8-10-20)13-5-3-2-4-6-13/h2-6,14-18,21-22H,7-12H2,1H3. The number of para-hydroxylation sites is 1. The third-order valence-electron chi connectivity index (χ3n) is 5.05. The van der Waals surface area contributed by atoms with Crippen LogP contribution < -0.4 is 9.62 Å². The zero-order chi connectivity index (χ0) is 18.7. The van der Waals surface area contributed by atoms with Gasteiger partial charge in [-0.3, -0.25) is 4.90 Å². The number of ether oxygens (including phenoxy) is 1. The molecule has 2 aliphatic heterocycles. The van der Waals surface area contributed by atoms with E-state index in [1.807, 2.05) is 18.2 Å². The third kappa shape index (κ3) is 4.54. The van der Waals surface area contributed by atoms with Crippen LogP contribution in [-0.2, 0) is 14.8 Å². The van der Waals surface area contributed by atoms with Crippen LogP contribution in [0.5, 0.6) is 0 Å². The normalized spacial score (nSPS) is 30.7. The molecular weight excluding hydrogens is 358 g/mol. The van der Waals surface area contributed by atoms with Gasteiger partial charge in [0.2, 0.25) is 10.0 Å². The first kappa shape index (κ1) is 19.5. The van der Waals surface area contributed by atoms with Gasteiger partial charge in [-0.15, -0.1) is 0 Å². The van der Waals surface area contributed by atoms with Gasteiger partial charge in [0.05, 0.1) is 25.0 Å². The highest BCUT2D eigenvalue weighted by Crippen LogP contribution is 2.27. The fourth-order valence-corrected chi connectivity index (χ4v) is 4.21. The summed E-state index contributed by atoms with van der Waals surface area (Å²) in [6, 6.07) is 9.80. The summed E-state index contributed by atoms with van der Waals surface area (Å²) in [6.45, 7) is 2.86. The monoisotopic (exact) mass is 385 g/mol. The smallest absolute Gasteiger partial charge is 0.208 e. The number of hydrogen-bond acceptors (Lipinski definition) is 7. The van der Waals surface area contributed by atoms with Crippen LogP contribution in [0.3, 0.4) is 0 Å². The Labute approximate surface area is 154 Å². The summed E-state index contributed by atoms with van der Waals surface area (Å²) in [7, 11) is -3.35. The van der Waals surface area contributed by atoms with E-state index in [1.54, 1.807) is 0 Å². The Balaban J connectivity index is 1.65. The lowest BCUT2D eigenvalue weighted by Gasteiger charge is -2.41. The van der Waals surface area contributed by atoms with E-state index < -0.39 is 28.3 Å². The van der Waals surface area contributed by atoms with Gasteiger partial charge < -0.3 is 19.8 Å². The van der Waals surface area contributed by atoms with Crippen molar-refractivity contribution >= 4 is 15.7 Å². The molecule has 26 heavy (non-hydrogen) atoms. The van der Waals surface area contributed by atoms with Crippen LogP contribution >= 0.6 is 0 Å². The first-order chi connectivity index (χ1) is 12.4. The van der Waals surface area contributed by atoms with Crippen LogP contribution in [0, 0.1) is 0 Å². The second kappa shape index (κ2) is 8.20. The number of benzene rings is 1. The molecule has 3 rings (SSSR count). The molecule has 0 bridgehead atoms. The highest BCUT2D eigenvalue weighted by Gasteiger charge is 2.46. The second-order valence-electron chi connectivity index (χ2n) is 6.86. The van der Waals surface area contributed by atoms with Gasteiger partial charge >= 0.3 is 0 Å². The summed E-state index contributed by atoms with van der Waals surface area (Å²) >= 11 is 0. The molecule has 2 heterocycles. The van der Waals surface area contributed by atoms with E-state index in [0.29, 0.717) is 0 Å². The van der Waals surface area contributed by atoms with Gasteiger partial charge in [0.15, 0.2) is 0 Å². The number of aliphatic hydroxyl groups is 2. The van der Waals surface area contributed by atoms with Gasteiger partial charge in [-0.25, -0.2) is 13.1 Å². The maximum Gasteiger partial charge on any atom is 0.208 e. The number of nitrogens with zero attached hydrogens (tertiary/aromatic N) is 2. The molecule has 146 valence electrons. The van der Waals surface area contributed by atoms with E-state index in [4.69, 9.17) is 4.74 Å². The molecule has 0 aliphatic carbocycles. The summed E-state index contributed by atoms with van der Waals surface area (Å²) in [4.78, 5) is 4.42. The highest BCUT2D eigenvalue weighted by atomic mass is 32.2. The van der Waals surface area contributed by atoms with Crippen molar-refractivity contribution in [2.24, 2.45) is 0 Å². The molecule has 4 atom stereocenters. The van der Waals surface area contributed by atoms with Crippen molar-refractivity contribution in [3.05, 3.63) is 30.3 Å². The van der Waals surface area contributed by atoms with Gasteiger partial charge in [-0.1, -0.05) is 18.2 Å². The molecule has 1 aromatic carbocycles. The third-order valence-corrected chi connectivity index (χ3v) is 5.74. The van der Waals surface area contributed by atoms with Crippen LogP contribution in [0.4, 0.5) is 5.69 Å². The molecule has 3 N–H and O–H groups in total. The van der Waals surface area contributed by atoms with Crippen LogP contribution in [0.1, 0.15) is 0 Å². The average molecular weight is 385 g/mol. The van der Waals surface area contributed by atoms with Crippen molar-refractivity contribution in [3.8, 4) is 0 Å². The fourth-order valence-electron chi connectivity index (χ4n) is 3.75. The van der Waals surface area contributed by atoms with Crippen molar-refractivity contribution in [2.45, 2.75) is 24.4 Å². The molecule has 1 aromatic rings. The number of piperazine rings is 1. The Hall–Kier alpha value is -1.23. The molecule has 0 amide bonds. The summed E-state index contributed by atoms with van der Waals surface area (Å²) in [6.07, 6.45) is -0.955. The van der Waals surface area contributed by atoms with E-state index in [9.17, 15) is 18.6 Å². The number of sulfonamides is 1. The van der Waals surface area contributed by atoms with Crippen LogP contribution in [0.15, 0.2) is 30.3 Å². The molecule has 0 spiro atoms. The Bertz CT molecular complexity index is 679. The fraction of sp³-hybridized carbons (Fsp3) is 0.647. The van der Waals surface area contributed by atoms with Crippen molar-refractivity contribution in [1.82, 2.24) is 9.62 Å². The van der Waals surface area contributed by atoms with E-state index >= 15 is 0 Å². The van der Waals surface area contributed by atoms with Crippen LogP contribution in [0.2, 0.25) is 0 Å². The van der Waals surface area contributed by atoms with Crippen molar-refractivity contribution < 1.29 is 23.4 Å². The molecule has 8 nitrogen and oxygen atoms in total. The molecular formula is C17H27N3O5S. The Morgan fingerprint density at radius 2 is 1.81 bits per heavy atom. The minimum absolute atomic E-state index is 0.0793. The Morgan fingerprint density at radius 1 is 1.15 bits per heavy atom. The maximum atomic E-state index is 11.4. The molecule has 2 aliphatic rings. The van der Waals surface area contributed by atoms with E-state index in [-0.39, 0.29) is 19.2 Å². The van der Waals surface area contributed by atoms with E-state index in [1.165, 1.54) is 5.69 Å². The van der Waals surface area contributed by atoms with Gasteiger partial charge in [0, 0.05) is 38.4 Å². The molecule has 0 saturated carbocycles. The summed E-state index contributed by atoms with van der Waals surface area (Å²) in [5.74, 6) is 0. The molecule has 2 saturated heterocycles. The minimum atomic E-state index is -3.35. The van der Waals surface area contributed by atoms with Crippen molar-refractivity contribution in [2.75, 3.05) is 50.5 Å². The zero-order valence-corrected chi connectivity index (χ0v) is 15.7. The van der Waals surface area contributed by atoms with E-state index in [2.05, 4.69) is 26.7 Å². The van der Waals surface area contributed by atoms with Crippen LogP contribution in [0.25, 0.3) is 0 Å². The average Bonchev–Trinajstić information content (AvgIpc) is 2.96. The Kier molecular flexibility index (Phi) is 6.16. The number of nitrogens with one attached hydrogen (secondary N) is 1. The summed E-state index contributed by atoms with van der Waals surface area (Å²) in [5.41, 5.74) is 1.17. The quantitative estimate of drug-likeness (QED) is 0.568. The highest BCUT2D eigenvalue weighted by molar-refractivity contribution is 7.88. The minimum Gasteiger partial charge on any atom is -0.394 e. The second-order valence-corrected chi connectivity index (χ2v) is 8.69. The van der Waals surface area contributed by atoms with E-state index in [0.717, 1.165) is 32.4 Å². The van der Waals surface area contributed by atoms with Gasteiger partial charge in [-0.05, 0) is 12.1 Å². The number of aliphatic hydroxyl groups excluding tert-OH is 2. The molecule has 0 aromatic heterocycles. The Morgan fingerprint density at radius 3 is 2.38 bits per heavy atom. The molecule has 2 fully saturated rings. The zero-order valence-electron chi connectivity index (χ0n) is 14.9. The maximum absolute atomic E-state index is 11.4.